The van der Waals surface area contributed by atoms with Crippen molar-refractivity contribution in [1.82, 2.24) is 0 Å². The Balaban J connectivity index is 2.19. The fraction of sp³-hybridized carbons (Fsp3) is 0.278. The van der Waals surface area contributed by atoms with Crippen LogP contribution in [0.3, 0.4) is 0 Å². The Labute approximate surface area is 151 Å². The standard InChI is InChI=1S/C18H21N3O5/c1-18(2,3)26-17(23)20-13-11-12(8-9-15(13)25-4)19-16(22)14-7-5-6-10-21(14)24/h5-11H,1-4H3,(H,19,22)(H,20,23). The van der Waals surface area contributed by atoms with E-state index < -0.39 is 17.6 Å². The number of methoxy groups -OCH3 is 1. The van der Waals surface area contributed by atoms with Crippen LogP contribution in [0, 0.1) is 5.21 Å². The average molecular weight is 359 g/mol. The number of anilines is 2. The van der Waals surface area contributed by atoms with E-state index in [0.29, 0.717) is 21.9 Å². The van der Waals surface area contributed by atoms with Crippen molar-refractivity contribution in [2.24, 2.45) is 0 Å². The number of pyridine rings is 1. The fourth-order valence-corrected chi connectivity index (χ4v) is 2.10. The van der Waals surface area contributed by atoms with Gasteiger partial charge in [0.15, 0.2) is 6.20 Å². The molecular formula is C18H21N3O5. The first kappa shape index (κ1) is 19.0. The SMILES string of the molecule is COc1ccc(NC(=O)c2cccc[n+]2[O-])cc1NC(=O)OC(C)(C)C. The van der Waals surface area contributed by atoms with E-state index in [2.05, 4.69) is 10.6 Å². The lowest BCUT2D eigenvalue weighted by Gasteiger charge is -2.20. The third-order valence-electron chi connectivity index (χ3n) is 3.15. The van der Waals surface area contributed by atoms with Crippen LogP contribution in [-0.2, 0) is 4.74 Å². The summed E-state index contributed by atoms with van der Waals surface area (Å²) >= 11 is 0. The van der Waals surface area contributed by atoms with Crippen LogP contribution in [0.4, 0.5) is 16.2 Å². The van der Waals surface area contributed by atoms with Gasteiger partial charge >= 0.3 is 12.0 Å². The Hall–Kier alpha value is -3.29. The van der Waals surface area contributed by atoms with Gasteiger partial charge in [0.1, 0.15) is 11.4 Å². The van der Waals surface area contributed by atoms with Gasteiger partial charge in [-0.2, -0.15) is 4.73 Å². The number of carbonyl (C=O) groups is 2. The quantitative estimate of drug-likeness (QED) is 0.645. The molecule has 2 rings (SSSR count). The molecule has 0 fully saturated rings. The third-order valence-corrected chi connectivity index (χ3v) is 3.15. The van der Waals surface area contributed by atoms with Gasteiger partial charge in [0.25, 0.3) is 5.69 Å². The van der Waals surface area contributed by atoms with Gasteiger partial charge in [0.05, 0.1) is 12.8 Å². The molecular weight excluding hydrogens is 338 g/mol. The number of nitrogens with one attached hydrogen (secondary N) is 2. The Kier molecular flexibility index (Phi) is 5.66. The predicted octanol–water partition coefficient (Wildman–Crippen LogP) is 2.93. The highest BCUT2D eigenvalue weighted by molar-refractivity contribution is 6.02. The molecule has 0 aliphatic heterocycles. The molecule has 138 valence electrons. The molecule has 0 aliphatic rings. The molecule has 2 N–H and O–H groups in total. The van der Waals surface area contributed by atoms with Crippen molar-refractivity contribution < 1.29 is 23.8 Å². The van der Waals surface area contributed by atoms with E-state index in [1.807, 2.05) is 0 Å². The zero-order valence-electron chi connectivity index (χ0n) is 15.0. The topological polar surface area (TPSA) is 104 Å². The van der Waals surface area contributed by atoms with Crippen LogP contribution in [0.25, 0.3) is 0 Å². The van der Waals surface area contributed by atoms with Gasteiger partial charge in [-0.1, -0.05) is 0 Å². The summed E-state index contributed by atoms with van der Waals surface area (Å²) in [5, 5.41) is 16.8. The molecule has 2 amide bonds. The number of hydrogen-bond donors (Lipinski definition) is 2. The van der Waals surface area contributed by atoms with Gasteiger partial charge in [-0.25, -0.2) is 4.79 Å². The second-order valence-electron chi connectivity index (χ2n) is 6.41. The number of amides is 2. The monoisotopic (exact) mass is 359 g/mol. The lowest BCUT2D eigenvalue weighted by atomic mass is 10.2. The van der Waals surface area contributed by atoms with Crippen molar-refractivity contribution in [3.05, 3.63) is 53.5 Å². The lowest BCUT2D eigenvalue weighted by Crippen LogP contribution is -2.36. The number of hydrogen-bond acceptors (Lipinski definition) is 5. The lowest BCUT2D eigenvalue weighted by molar-refractivity contribution is -0.607. The van der Waals surface area contributed by atoms with Gasteiger partial charge < -0.3 is 20.0 Å². The first-order valence-electron chi connectivity index (χ1n) is 7.87. The molecule has 0 spiro atoms. The first-order valence-corrected chi connectivity index (χ1v) is 7.87. The van der Waals surface area contributed by atoms with E-state index in [1.54, 1.807) is 39.0 Å². The Morgan fingerprint density at radius 2 is 1.85 bits per heavy atom. The average Bonchev–Trinajstić information content (AvgIpc) is 2.53. The number of ether oxygens (including phenoxy) is 2. The molecule has 0 saturated carbocycles. The summed E-state index contributed by atoms with van der Waals surface area (Å²) < 4.78 is 10.9. The van der Waals surface area contributed by atoms with Gasteiger partial charge in [-0.15, -0.1) is 0 Å². The highest BCUT2D eigenvalue weighted by Gasteiger charge is 2.19. The molecule has 8 heteroatoms. The third kappa shape index (κ3) is 5.10. The van der Waals surface area contributed by atoms with Crippen LogP contribution in [-0.4, -0.2) is 24.7 Å². The van der Waals surface area contributed by atoms with Crippen LogP contribution in [0.15, 0.2) is 42.6 Å². The highest BCUT2D eigenvalue weighted by Crippen LogP contribution is 2.28. The molecule has 0 aliphatic carbocycles. The normalized spacial score (nSPS) is 10.8. The molecule has 1 heterocycles. The van der Waals surface area contributed by atoms with Gasteiger partial charge in [-0.05, 0) is 45.0 Å². The van der Waals surface area contributed by atoms with E-state index >= 15 is 0 Å². The summed E-state index contributed by atoms with van der Waals surface area (Å²) in [5.74, 6) is -0.179. The van der Waals surface area contributed by atoms with Crippen molar-refractivity contribution in [3.8, 4) is 5.75 Å². The zero-order chi connectivity index (χ0) is 19.3. The van der Waals surface area contributed by atoms with Crippen LogP contribution in [0.1, 0.15) is 31.3 Å². The second-order valence-corrected chi connectivity index (χ2v) is 6.41. The molecule has 0 saturated heterocycles. The summed E-state index contributed by atoms with van der Waals surface area (Å²) in [6.07, 6.45) is 0.582. The van der Waals surface area contributed by atoms with Gasteiger partial charge in [0.2, 0.25) is 0 Å². The summed E-state index contributed by atoms with van der Waals surface area (Å²) in [4.78, 5) is 24.2. The minimum atomic E-state index is -0.655. The maximum Gasteiger partial charge on any atom is 0.412 e. The molecule has 2 aromatic rings. The minimum Gasteiger partial charge on any atom is -0.618 e. The number of aromatic nitrogens is 1. The smallest absolute Gasteiger partial charge is 0.412 e. The van der Waals surface area contributed by atoms with Crippen molar-refractivity contribution in [1.29, 1.82) is 0 Å². The number of rotatable bonds is 4. The molecule has 0 atom stereocenters. The summed E-state index contributed by atoms with van der Waals surface area (Å²) in [6, 6.07) is 9.21. The predicted molar refractivity (Wildman–Crippen MR) is 96.2 cm³/mol. The molecule has 0 unspecified atom stereocenters. The first-order chi connectivity index (χ1) is 12.2. The molecule has 1 aromatic carbocycles. The molecule has 1 aromatic heterocycles. The van der Waals surface area contributed by atoms with Crippen LogP contribution >= 0.6 is 0 Å². The van der Waals surface area contributed by atoms with Gasteiger partial charge in [0, 0.05) is 17.8 Å². The van der Waals surface area contributed by atoms with E-state index in [1.165, 1.54) is 31.5 Å². The summed E-state index contributed by atoms with van der Waals surface area (Å²) in [7, 11) is 1.46. The molecule has 0 radical (unpaired) electrons. The van der Waals surface area contributed by atoms with Crippen molar-refractivity contribution in [2.45, 2.75) is 26.4 Å². The van der Waals surface area contributed by atoms with Crippen molar-refractivity contribution in [2.75, 3.05) is 17.7 Å². The van der Waals surface area contributed by atoms with E-state index in [9.17, 15) is 14.8 Å². The highest BCUT2D eigenvalue weighted by atomic mass is 16.6. The van der Waals surface area contributed by atoms with E-state index in [-0.39, 0.29) is 5.69 Å². The maximum atomic E-state index is 12.2. The van der Waals surface area contributed by atoms with E-state index in [0.717, 1.165) is 0 Å². The van der Waals surface area contributed by atoms with Crippen LogP contribution in [0.2, 0.25) is 0 Å². The number of nitrogens with zero attached hydrogens (tertiary/aromatic N) is 1. The summed E-state index contributed by atoms with van der Waals surface area (Å²) in [5.41, 5.74) is -0.00336. The second kappa shape index (κ2) is 7.73. The fourth-order valence-electron chi connectivity index (χ4n) is 2.10. The van der Waals surface area contributed by atoms with Crippen LogP contribution < -0.4 is 20.1 Å². The maximum absolute atomic E-state index is 12.2. The Morgan fingerprint density at radius 1 is 1.12 bits per heavy atom. The molecule has 8 nitrogen and oxygen atoms in total. The molecule has 26 heavy (non-hydrogen) atoms. The Morgan fingerprint density at radius 3 is 2.46 bits per heavy atom. The van der Waals surface area contributed by atoms with Crippen molar-refractivity contribution >= 4 is 23.4 Å². The number of carbonyl (C=O) groups excluding carboxylic acids is 2. The number of benzene rings is 1. The minimum absolute atomic E-state index is 0.0510. The van der Waals surface area contributed by atoms with Gasteiger partial charge in [-0.3, -0.25) is 10.1 Å². The molecule has 0 bridgehead atoms. The van der Waals surface area contributed by atoms with Crippen molar-refractivity contribution in [3.63, 3.8) is 0 Å². The van der Waals surface area contributed by atoms with E-state index in [4.69, 9.17) is 9.47 Å². The van der Waals surface area contributed by atoms with Crippen LogP contribution in [0.5, 0.6) is 5.75 Å². The zero-order valence-corrected chi connectivity index (χ0v) is 15.0. The largest absolute Gasteiger partial charge is 0.618 e. The Bertz CT molecular complexity index is 815. The summed E-state index contributed by atoms with van der Waals surface area (Å²) in [6.45, 7) is 5.25.